The molecule has 14 heavy (non-hydrogen) atoms. The van der Waals surface area contributed by atoms with Crippen LogP contribution in [0.4, 0.5) is 5.69 Å². The lowest BCUT2D eigenvalue weighted by atomic mass is 10.3. The van der Waals surface area contributed by atoms with Crippen molar-refractivity contribution in [3.63, 3.8) is 0 Å². The summed E-state index contributed by atoms with van der Waals surface area (Å²) in [5.41, 5.74) is 5.85. The molecule has 4 nitrogen and oxygen atoms in total. The Morgan fingerprint density at radius 1 is 1.50 bits per heavy atom. The van der Waals surface area contributed by atoms with E-state index < -0.39 is 9.84 Å². The fraction of sp³-hybridized carbons (Fsp3) is 0.111. The fourth-order valence-electron chi connectivity index (χ4n) is 0.986. The highest BCUT2D eigenvalue weighted by molar-refractivity contribution is 7.94. The summed E-state index contributed by atoms with van der Waals surface area (Å²) in [6, 6.07) is 4.27. The second-order valence-corrected chi connectivity index (χ2v) is 4.51. The van der Waals surface area contributed by atoms with Crippen LogP contribution in [0, 0.1) is 0 Å². The van der Waals surface area contributed by atoms with E-state index in [0.717, 1.165) is 5.41 Å². The monoisotopic (exact) mass is 213 g/mol. The zero-order chi connectivity index (χ0) is 10.8. The molecule has 0 radical (unpaired) electrons. The lowest BCUT2D eigenvalue weighted by molar-refractivity contribution is 0.416. The number of sulfone groups is 1. The van der Waals surface area contributed by atoms with Gasteiger partial charge in [-0.15, -0.1) is 0 Å². The summed E-state index contributed by atoms with van der Waals surface area (Å²) in [6.07, 6.45) is 0. The van der Waals surface area contributed by atoms with Crippen LogP contribution in [-0.4, -0.2) is 15.5 Å². The SMILES string of the molecule is C=CS(=O)(=O)c1ccc(OC)c(N)c1. The number of rotatable bonds is 3. The van der Waals surface area contributed by atoms with Crippen molar-refractivity contribution in [2.75, 3.05) is 12.8 Å². The van der Waals surface area contributed by atoms with E-state index in [1.165, 1.54) is 25.3 Å². The molecular weight excluding hydrogens is 202 g/mol. The van der Waals surface area contributed by atoms with Gasteiger partial charge in [0.2, 0.25) is 0 Å². The van der Waals surface area contributed by atoms with Gasteiger partial charge in [0.1, 0.15) is 5.75 Å². The molecule has 0 bridgehead atoms. The van der Waals surface area contributed by atoms with Gasteiger partial charge in [-0.1, -0.05) is 6.58 Å². The summed E-state index contributed by atoms with van der Waals surface area (Å²) in [4.78, 5) is 0.116. The predicted molar refractivity (Wildman–Crippen MR) is 54.8 cm³/mol. The van der Waals surface area contributed by atoms with Crippen molar-refractivity contribution in [1.29, 1.82) is 0 Å². The minimum Gasteiger partial charge on any atom is -0.495 e. The minimum absolute atomic E-state index is 0.116. The molecule has 1 aromatic rings. The largest absolute Gasteiger partial charge is 0.495 e. The van der Waals surface area contributed by atoms with Gasteiger partial charge in [0.05, 0.1) is 17.7 Å². The smallest absolute Gasteiger partial charge is 0.199 e. The summed E-state index contributed by atoms with van der Waals surface area (Å²) >= 11 is 0. The van der Waals surface area contributed by atoms with Crippen LogP contribution in [-0.2, 0) is 9.84 Å². The molecule has 0 atom stereocenters. The summed E-state index contributed by atoms with van der Waals surface area (Å²) in [5.74, 6) is 0.452. The lowest BCUT2D eigenvalue weighted by Crippen LogP contribution is -1.99. The average Bonchev–Trinajstić information content (AvgIpc) is 2.17. The number of nitrogens with two attached hydrogens (primary N) is 1. The van der Waals surface area contributed by atoms with E-state index in [1.54, 1.807) is 0 Å². The van der Waals surface area contributed by atoms with Crippen LogP contribution < -0.4 is 10.5 Å². The van der Waals surface area contributed by atoms with Crippen molar-refractivity contribution in [1.82, 2.24) is 0 Å². The van der Waals surface area contributed by atoms with Crippen LogP contribution in [0.15, 0.2) is 35.1 Å². The van der Waals surface area contributed by atoms with Gasteiger partial charge < -0.3 is 10.5 Å². The molecule has 0 heterocycles. The molecule has 0 amide bonds. The van der Waals surface area contributed by atoms with E-state index in [9.17, 15) is 8.42 Å². The van der Waals surface area contributed by atoms with E-state index in [2.05, 4.69) is 6.58 Å². The molecule has 1 rings (SSSR count). The summed E-state index contributed by atoms with van der Waals surface area (Å²) in [5, 5.41) is 0.883. The van der Waals surface area contributed by atoms with Crippen molar-refractivity contribution < 1.29 is 13.2 Å². The van der Waals surface area contributed by atoms with Crippen LogP contribution in [0.25, 0.3) is 0 Å². The number of nitrogen functional groups attached to an aromatic ring is 1. The van der Waals surface area contributed by atoms with E-state index in [-0.39, 0.29) is 10.6 Å². The first-order chi connectivity index (χ1) is 6.51. The second-order valence-electron chi connectivity index (χ2n) is 2.62. The van der Waals surface area contributed by atoms with Gasteiger partial charge in [0, 0.05) is 5.41 Å². The Morgan fingerprint density at radius 2 is 2.14 bits per heavy atom. The normalized spacial score (nSPS) is 10.9. The molecule has 0 aliphatic carbocycles. The molecule has 0 aliphatic heterocycles. The molecule has 0 saturated carbocycles. The van der Waals surface area contributed by atoms with Crippen molar-refractivity contribution in [2.45, 2.75) is 4.90 Å². The highest BCUT2D eigenvalue weighted by Gasteiger charge is 2.11. The van der Waals surface area contributed by atoms with Crippen LogP contribution in [0.1, 0.15) is 0 Å². The highest BCUT2D eigenvalue weighted by Crippen LogP contribution is 2.24. The predicted octanol–water partition coefficient (Wildman–Crippen LogP) is 1.19. The number of hydrogen-bond donors (Lipinski definition) is 1. The van der Waals surface area contributed by atoms with E-state index in [1.807, 2.05) is 0 Å². The van der Waals surface area contributed by atoms with Crippen LogP contribution >= 0.6 is 0 Å². The minimum atomic E-state index is -3.42. The first kappa shape index (κ1) is 10.6. The number of benzene rings is 1. The molecule has 1 aromatic carbocycles. The molecule has 76 valence electrons. The first-order valence-corrected chi connectivity index (χ1v) is 5.37. The Kier molecular flexibility index (Phi) is 2.81. The van der Waals surface area contributed by atoms with Gasteiger partial charge in [-0.05, 0) is 18.2 Å². The molecule has 0 unspecified atom stereocenters. The van der Waals surface area contributed by atoms with Gasteiger partial charge in [-0.3, -0.25) is 0 Å². The maximum absolute atomic E-state index is 11.3. The summed E-state index contributed by atoms with van der Waals surface area (Å²) < 4.78 is 27.6. The van der Waals surface area contributed by atoms with Gasteiger partial charge in [-0.2, -0.15) is 0 Å². The Balaban J connectivity index is 3.29. The van der Waals surface area contributed by atoms with Crippen LogP contribution in [0.3, 0.4) is 0 Å². The Labute approximate surface area is 82.9 Å². The average molecular weight is 213 g/mol. The highest BCUT2D eigenvalue weighted by atomic mass is 32.2. The van der Waals surface area contributed by atoms with Crippen molar-refractivity contribution >= 4 is 15.5 Å². The van der Waals surface area contributed by atoms with Gasteiger partial charge in [0.25, 0.3) is 0 Å². The first-order valence-electron chi connectivity index (χ1n) is 3.82. The molecule has 0 spiro atoms. The van der Waals surface area contributed by atoms with Crippen LogP contribution in [0.2, 0.25) is 0 Å². The Morgan fingerprint density at radius 3 is 2.57 bits per heavy atom. The Bertz CT molecular complexity index is 451. The lowest BCUT2D eigenvalue weighted by Gasteiger charge is -2.05. The number of ether oxygens (including phenoxy) is 1. The summed E-state index contributed by atoms with van der Waals surface area (Å²) in [6.45, 7) is 3.22. The van der Waals surface area contributed by atoms with Crippen LogP contribution in [0.5, 0.6) is 5.75 Å². The maximum atomic E-state index is 11.3. The zero-order valence-corrected chi connectivity index (χ0v) is 8.54. The van der Waals surface area contributed by atoms with Crippen molar-refractivity contribution in [3.05, 3.63) is 30.2 Å². The molecule has 0 fully saturated rings. The molecule has 5 heteroatoms. The standard InChI is InChI=1S/C9H11NO3S/c1-3-14(11,12)7-4-5-9(13-2)8(10)6-7/h3-6H,1,10H2,2H3. The van der Waals surface area contributed by atoms with Crippen molar-refractivity contribution in [2.24, 2.45) is 0 Å². The number of anilines is 1. The third kappa shape index (κ3) is 1.88. The van der Waals surface area contributed by atoms with E-state index in [4.69, 9.17) is 10.5 Å². The summed E-state index contributed by atoms with van der Waals surface area (Å²) in [7, 11) is -1.95. The molecule has 0 aromatic heterocycles. The topological polar surface area (TPSA) is 69.4 Å². The molecule has 2 N–H and O–H groups in total. The van der Waals surface area contributed by atoms with Crippen molar-refractivity contribution in [3.8, 4) is 5.75 Å². The number of methoxy groups -OCH3 is 1. The second kappa shape index (κ2) is 3.71. The van der Waals surface area contributed by atoms with E-state index in [0.29, 0.717) is 5.75 Å². The third-order valence-electron chi connectivity index (χ3n) is 1.75. The van der Waals surface area contributed by atoms with Gasteiger partial charge >= 0.3 is 0 Å². The molecule has 0 aliphatic rings. The van der Waals surface area contributed by atoms with Gasteiger partial charge in [-0.25, -0.2) is 8.42 Å². The van der Waals surface area contributed by atoms with Gasteiger partial charge in [0.15, 0.2) is 9.84 Å². The fourth-order valence-corrected chi connectivity index (χ4v) is 1.73. The Hall–Kier alpha value is -1.49. The number of hydrogen-bond acceptors (Lipinski definition) is 4. The quantitative estimate of drug-likeness (QED) is 0.766. The molecular formula is C9H11NO3S. The van der Waals surface area contributed by atoms with E-state index >= 15 is 0 Å². The third-order valence-corrected chi connectivity index (χ3v) is 3.10. The molecule has 0 saturated heterocycles. The zero-order valence-electron chi connectivity index (χ0n) is 7.73. The maximum Gasteiger partial charge on any atom is 0.199 e.